The molecule has 0 fully saturated rings. The van der Waals surface area contributed by atoms with Crippen molar-refractivity contribution in [2.75, 3.05) is 18.5 Å². The van der Waals surface area contributed by atoms with E-state index in [1.165, 1.54) is 63.4 Å². The van der Waals surface area contributed by atoms with E-state index in [9.17, 15) is 0 Å². The van der Waals surface area contributed by atoms with Crippen molar-refractivity contribution in [3.05, 3.63) is 11.9 Å². The first kappa shape index (κ1) is 21.0. The Morgan fingerprint density at radius 3 is 1.39 bits per heavy atom. The summed E-state index contributed by atoms with van der Waals surface area (Å²) in [6.45, 7) is 9.26. The van der Waals surface area contributed by atoms with Crippen molar-refractivity contribution in [3.63, 3.8) is 0 Å². The van der Waals surface area contributed by atoms with Crippen molar-refractivity contribution in [3.8, 4) is 0 Å². The Hall–Kier alpha value is 0.650. The van der Waals surface area contributed by atoms with E-state index in [1.54, 1.807) is 0 Å². The normalized spacial score (nSPS) is 11.8. The van der Waals surface area contributed by atoms with Crippen LogP contribution in [-0.2, 0) is 0 Å². The molecule has 0 amide bonds. The van der Waals surface area contributed by atoms with Crippen LogP contribution in [0.3, 0.4) is 0 Å². The number of allylic oxidation sites excluding steroid dienone is 1. The smallest absolute Gasteiger partial charge is 0.0635 e. The van der Waals surface area contributed by atoms with Crippen molar-refractivity contribution in [1.82, 2.24) is 0 Å². The quantitative estimate of drug-likeness (QED) is 0.507. The summed E-state index contributed by atoms with van der Waals surface area (Å²) >= 11 is 0. The molecule has 0 bridgehead atoms. The highest BCUT2D eigenvalue weighted by Crippen LogP contribution is 2.62. The Balaban J connectivity index is 0. The van der Waals surface area contributed by atoms with Gasteiger partial charge in [0.15, 0.2) is 0 Å². The summed E-state index contributed by atoms with van der Waals surface area (Å²) in [6, 6.07) is 0. The van der Waals surface area contributed by atoms with Crippen LogP contribution in [0.2, 0.25) is 0 Å². The zero-order valence-electron chi connectivity index (χ0n) is 13.1. The highest BCUT2D eigenvalue weighted by atomic mass is 79.9. The predicted molar refractivity (Wildman–Crippen MR) is 85.7 cm³/mol. The van der Waals surface area contributed by atoms with Gasteiger partial charge < -0.3 is 17.0 Å². The average Bonchev–Trinajstić information content (AvgIpc) is 2.37. The van der Waals surface area contributed by atoms with Gasteiger partial charge in [-0.2, -0.15) is 0 Å². The molecule has 2 heteroatoms. The third kappa shape index (κ3) is 9.56. The molecule has 0 N–H and O–H groups in total. The van der Waals surface area contributed by atoms with E-state index in [2.05, 4.69) is 39.6 Å². The monoisotopic (exact) mass is 336 g/mol. The van der Waals surface area contributed by atoms with Crippen LogP contribution in [0.15, 0.2) is 11.9 Å². The predicted octanol–water partition coefficient (Wildman–Crippen LogP) is 3.33. The maximum Gasteiger partial charge on any atom is 0.0635 e. The lowest BCUT2D eigenvalue weighted by Gasteiger charge is -2.24. The molecule has 0 aromatic carbocycles. The maximum atomic E-state index is 2.67. The molecule has 0 aromatic heterocycles. The summed E-state index contributed by atoms with van der Waals surface area (Å²) in [4.78, 5) is 0. The van der Waals surface area contributed by atoms with E-state index in [1.807, 2.05) is 0 Å². The van der Waals surface area contributed by atoms with Crippen molar-refractivity contribution < 1.29 is 17.0 Å². The van der Waals surface area contributed by atoms with Crippen LogP contribution in [0.1, 0.15) is 72.6 Å². The number of rotatable bonds is 11. The van der Waals surface area contributed by atoms with Crippen LogP contribution in [0.4, 0.5) is 0 Å². The van der Waals surface area contributed by atoms with E-state index in [0.717, 1.165) is 0 Å². The minimum Gasteiger partial charge on any atom is -1.00 e. The number of hydrogen-bond donors (Lipinski definition) is 0. The molecule has 0 aliphatic rings. The van der Waals surface area contributed by atoms with Gasteiger partial charge >= 0.3 is 0 Å². The fraction of sp³-hybridized carbons (Fsp3) is 0.875. The van der Waals surface area contributed by atoms with Crippen molar-refractivity contribution in [1.29, 1.82) is 0 Å². The molecule has 0 aromatic rings. The highest BCUT2D eigenvalue weighted by molar-refractivity contribution is 7.78. The third-order valence-electron chi connectivity index (χ3n) is 3.53. The van der Waals surface area contributed by atoms with Gasteiger partial charge in [0.05, 0.1) is 24.3 Å². The Labute approximate surface area is 127 Å². The first-order chi connectivity index (χ1) is 8.24. The number of unbranched alkanes of at least 4 members (excludes halogenated alkanes) is 3. The van der Waals surface area contributed by atoms with Gasteiger partial charge in [-0.1, -0.05) is 47.0 Å². The topological polar surface area (TPSA) is 0 Å². The first-order valence-corrected chi connectivity index (χ1v) is 10.2. The van der Waals surface area contributed by atoms with Crippen LogP contribution in [0, 0.1) is 0 Å². The molecule has 0 rings (SSSR count). The lowest BCUT2D eigenvalue weighted by Crippen LogP contribution is -3.00. The van der Waals surface area contributed by atoms with Gasteiger partial charge in [-0.05, 0) is 31.8 Å². The van der Waals surface area contributed by atoms with E-state index >= 15 is 0 Å². The molecule has 0 radical (unpaired) electrons. The van der Waals surface area contributed by atoms with Crippen molar-refractivity contribution in [2.24, 2.45) is 0 Å². The summed E-state index contributed by atoms with van der Waals surface area (Å²) in [6.07, 6.45) is 16.6. The van der Waals surface area contributed by atoms with Crippen LogP contribution >= 0.6 is 7.26 Å². The SMILES string of the molecule is CC/C=C/[P+](CCCC)(CCCC)CCCC.[Br-]. The second-order valence-electron chi connectivity index (χ2n) is 5.24. The van der Waals surface area contributed by atoms with Gasteiger partial charge in [0.25, 0.3) is 0 Å². The lowest BCUT2D eigenvalue weighted by atomic mass is 10.4. The summed E-state index contributed by atoms with van der Waals surface area (Å²) in [5, 5.41) is 0. The molecule has 0 aliphatic heterocycles. The largest absolute Gasteiger partial charge is 1.00 e. The summed E-state index contributed by atoms with van der Waals surface area (Å²) < 4.78 is 0. The van der Waals surface area contributed by atoms with Gasteiger partial charge in [-0.25, -0.2) is 0 Å². The second-order valence-corrected chi connectivity index (χ2v) is 9.32. The summed E-state index contributed by atoms with van der Waals surface area (Å²) in [5.74, 6) is 2.67. The molecular weight excluding hydrogens is 303 g/mol. The van der Waals surface area contributed by atoms with Crippen LogP contribution < -0.4 is 17.0 Å². The molecule has 18 heavy (non-hydrogen) atoms. The van der Waals surface area contributed by atoms with Gasteiger partial charge in [0, 0.05) is 7.26 Å². The maximum absolute atomic E-state index is 2.67. The fourth-order valence-corrected chi connectivity index (χ4v) is 6.92. The Bertz CT molecular complexity index is 168. The van der Waals surface area contributed by atoms with Crippen LogP contribution in [0.25, 0.3) is 0 Å². The molecule has 0 saturated carbocycles. The zero-order valence-corrected chi connectivity index (χ0v) is 15.5. The molecule has 0 atom stereocenters. The summed E-state index contributed by atoms with van der Waals surface area (Å²) in [5.41, 5.74) is 0. The van der Waals surface area contributed by atoms with Gasteiger partial charge in [-0.15, -0.1) is 0 Å². The van der Waals surface area contributed by atoms with Gasteiger partial charge in [0.1, 0.15) is 0 Å². The minimum atomic E-state index is -0.743. The molecule has 0 nitrogen and oxygen atoms in total. The molecule has 110 valence electrons. The van der Waals surface area contributed by atoms with E-state index in [0.29, 0.717) is 0 Å². The second kappa shape index (κ2) is 14.1. The standard InChI is InChI=1S/C16H34P.BrH/c1-5-9-13-17(14-10-6-2,15-11-7-3)16-12-8-4;/h9,13H,5-8,10-12,14-16H2,1-4H3;1H/q+1;/p-1/b13-9+;. The Morgan fingerprint density at radius 2 is 1.11 bits per heavy atom. The lowest BCUT2D eigenvalue weighted by molar-refractivity contribution is -0.00000396. The summed E-state index contributed by atoms with van der Waals surface area (Å²) in [7, 11) is -0.743. The molecule has 0 spiro atoms. The number of hydrogen-bond acceptors (Lipinski definition) is 0. The molecule has 0 saturated heterocycles. The van der Waals surface area contributed by atoms with Crippen LogP contribution in [-0.4, -0.2) is 18.5 Å². The Morgan fingerprint density at radius 1 is 0.722 bits per heavy atom. The van der Waals surface area contributed by atoms with E-state index < -0.39 is 7.26 Å². The van der Waals surface area contributed by atoms with Gasteiger partial charge in [-0.3, -0.25) is 0 Å². The Kier molecular flexibility index (Phi) is 16.4. The molecule has 0 unspecified atom stereocenters. The van der Waals surface area contributed by atoms with Gasteiger partial charge in [0.2, 0.25) is 0 Å². The molecule has 0 heterocycles. The fourth-order valence-electron chi connectivity index (χ4n) is 2.31. The average molecular weight is 337 g/mol. The third-order valence-corrected chi connectivity index (χ3v) is 7.99. The van der Waals surface area contributed by atoms with Crippen molar-refractivity contribution in [2.45, 2.75) is 72.6 Å². The van der Waals surface area contributed by atoms with Crippen LogP contribution in [0.5, 0.6) is 0 Å². The zero-order chi connectivity index (χ0) is 13.0. The van der Waals surface area contributed by atoms with E-state index in [4.69, 9.17) is 0 Å². The van der Waals surface area contributed by atoms with Crippen molar-refractivity contribution >= 4 is 7.26 Å². The number of halogens is 1. The highest BCUT2D eigenvalue weighted by Gasteiger charge is 2.32. The van der Waals surface area contributed by atoms with E-state index in [-0.39, 0.29) is 17.0 Å². The first-order valence-electron chi connectivity index (χ1n) is 7.78. The molecule has 0 aliphatic carbocycles. The molecular formula is C16H34BrP. The minimum absolute atomic E-state index is 0.